The van der Waals surface area contributed by atoms with Gasteiger partial charge in [-0.25, -0.2) is 0 Å². The Morgan fingerprint density at radius 1 is 1.24 bits per heavy atom. The second-order valence-electron chi connectivity index (χ2n) is 7.74. The molecule has 0 bridgehead atoms. The number of nitrogens with zero attached hydrogens (tertiary/aromatic N) is 2. The highest BCUT2D eigenvalue weighted by Gasteiger charge is 2.32. The lowest BCUT2D eigenvalue weighted by molar-refractivity contribution is 0.166. The molecule has 1 heterocycles. The van der Waals surface area contributed by atoms with Crippen LogP contribution in [0.2, 0.25) is 0 Å². The van der Waals surface area contributed by atoms with Crippen LogP contribution in [0.25, 0.3) is 0 Å². The van der Waals surface area contributed by atoms with Gasteiger partial charge in [-0.2, -0.15) is 4.98 Å². The molecule has 0 amide bonds. The number of hydrogen-bond donors (Lipinski definition) is 1. The van der Waals surface area contributed by atoms with E-state index in [9.17, 15) is 0 Å². The van der Waals surface area contributed by atoms with Crippen molar-refractivity contribution in [1.82, 2.24) is 10.1 Å². The van der Waals surface area contributed by atoms with Crippen LogP contribution in [0.15, 0.2) is 4.52 Å². The van der Waals surface area contributed by atoms with Crippen LogP contribution in [0.5, 0.6) is 0 Å². The average molecular weight is 293 g/mol. The van der Waals surface area contributed by atoms with Crippen LogP contribution >= 0.6 is 0 Å². The summed E-state index contributed by atoms with van der Waals surface area (Å²) in [4.78, 5) is 4.66. The van der Waals surface area contributed by atoms with Crippen LogP contribution < -0.4 is 5.73 Å². The van der Waals surface area contributed by atoms with Gasteiger partial charge in [-0.3, -0.25) is 0 Å². The molecule has 21 heavy (non-hydrogen) atoms. The van der Waals surface area contributed by atoms with Crippen molar-refractivity contribution < 1.29 is 4.52 Å². The lowest BCUT2D eigenvalue weighted by atomic mass is 9.70. The molecular formula is C17H31N3O. The second kappa shape index (κ2) is 6.91. The Balaban J connectivity index is 1.91. The summed E-state index contributed by atoms with van der Waals surface area (Å²) in [7, 11) is 0. The quantitative estimate of drug-likeness (QED) is 0.882. The average Bonchev–Trinajstić information content (AvgIpc) is 2.94. The van der Waals surface area contributed by atoms with Crippen LogP contribution in [0.1, 0.15) is 89.8 Å². The van der Waals surface area contributed by atoms with Gasteiger partial charge in [0.2, 0.25) is 5.89 Å². The maximum absolute atomic E-state index is 5.56. The topological polar surface area (TPSA) is 64.9 Å². The monoisotopic (exact) mass is 293 g/mol. The van der Waals surface area contributed by atoms with Crippen LogP contribution in [0.4, 0.5) is 0 Å². The summed E-state index contributed by atoms with van der Waals surface area (Å²) < 4.78 is 5.47. The summed E-state index contributed by atoms with van der Waals surface area (Å²) in [5, 5.41) is 4.24. The Morgan fingerprint density at radius 2 is 1.90 bits per heavy atom. The summed E-state index contributed by atoms with van der Waals surface area (Å²) >= 11 is 0. The minimum atomic E-state index is 0.320. The summed E-state index contributed by atoms with van der Waals surface area (Å²) in [6.45, 7) is 9.92. The van der Waals surface area contributed by atoms with Crippen LogP contribution in [0, 0.1) is 11.3 Å². The Labute approximate surface area is 128 Å². The third-order valence-corrected chi connectivity index (χ3v) is 5.04. The molecule has 1 aliphatic carbocycles. The van der Waals surface area contributed by atoms with Gasteiger partial charge >= 0.3 is 0 Å². The van der Waals surface area contributed by atoms with E-state index >= 15 is 0 Å². The van der Waals surface area contributed by atoms with E-state index < -0.39 is 0 Å². The molecule has 1 aromatic heterocycles. The number of nitrogens with two attached hydrogens (primary N) is 1. The second-order valence-corrected chi connectivity index (χ2v) is 7.74. The molecule has 1 fully saturated rings. The van der Waals surface area contributed by atoms with Crippen molar-refractivity contribution in [3.8, 4) is 0 Å². The Bertz CT molecular complexity index is 427. The zero-order valence-electron chi connectivity index (χ0n) is 14.1. The summed E-state index contributed by atoms with van der Waals surface area (Å²) in [5.74, 6) is 3.35. The maximum Gasteiger partial charge on any atom is 0.229 e. The van der Waals surface area contributed by atoms with Crippen molar-refractivity contribution >= 4 is 0 Å². The van der Waals surface area contributed by atoms with E-state index in [1.807, 2.05) is 0 Å². The van der Waals surface area contributed by atoms with Gasteiger partial charge in [0.1, 0.15) is 0 Å². The maximum atomic E-state index is 5.56. The molecular weight excluding hydrogens is 262 g/mol. The van der Waals surface area contributed by atoms with Crippen LogP contribution in [-0.4, -0.2) is 16.7 Å². The van der Waals surface area contributed by atoms with Gasteiger partial charge in [0, 0.05) is 11.8 Å². The molecule has 0 saturated heterocycles. The first-order valence-corrected chi connectivity index (χ1v) is 8.45. The van der Waals surface area contributed by atoms with Gasteiger partial charge in [0.25, 0.3) is 0 Å². The highest BCUT2D eigenvalue weighted by atomic mass is 16.5. The summed E-state index contributed by atoms with van der Waals surface area (Å²) in [5.41, 5.74) is 5.98. The highest BCUT2D eigenvalue weighted by molar-refractivity contribution is 5.00. The minimum Gasteiger partial charge on any atom is -0.339 e. The lowest BCUT2D eigenvalue weighted by Gasteiger charge is -2.36. The van der Waals surface area contributed by atoms with E-state index in [4.69, 9.17) is 10.3 Å². The van der Waals surface area contributed by atoms with Crippen molar-refractivity contribution in [3.05, 3.63) is 11.7 Å². The van der Waals surface area contributed by atoms with Gasteiger partial charge in [0.05, 0.1) is 0 Å². The van der Waals surface area contributed by atoms with Crippen molar-refractivity contribution in [3.63, 3.8) is 0 Å². The number of rotatable bonds is 5. The Morgan fingerprint density at radius 3 is 2.48 bits per heavy atom. The van der Waals surface area contributed by atoms with E-state index in [1.54, 1.807) is 0 Å². The molecule has 120 valence electrons. The molecule has 4 heteroatoms. The first kappa shape index (κ1) is 16.5. The summed E-state index contributed by atoms with van der Waals surface area (Å²) in [6.07, 6.45) is 6.97. The molecule has 1 aromatic rings. The zero-order valence-corrected chi connectivity index (χ0v) is 14.1. The van der Waals surface area contributed by atoms with Crippen molar-refractivity contribution in [2.45, 2.75) is 78.1 Å². The van der Waals surface area contributed by atoms with Crippen LogP contribution in [0.3, 0.4) is 0 Å². The Hall–Kier alpha value is -0.900. The van der Waals surface area contributed by atoms with Gasteiger partial charge in [-0.15, -0.1) is 0 Å². The standard InChI is InChI=1S/C17H31N3O/c1-12(6-5-11-18)16-19-15(20-21-16)13-7-9-14(10-8-13)17(2,3)4/h12-14H,5-11,18H2,1-4H3. The first-order valence-electron chi connectivity index (χ1n) is 8.45. The van der Waals surface area contributed by atoms with Gasteiger partial charge in [0.15, 0.2) is 5.82 Å². The van der Waals surface area contributed by atoms with Crippen molar-refractivity contribution in [2.75, 3.05) is 6.54 Å². The van der Waals surface area contributed by atoms with E-state index in [1.165, 1.54) is 25.7 Å². The van der Waals surface area contributed by atoms with Gasteiger partial charge in [-0.1, -0.05) is 32.9 Å². The molecule has 0 spiro atoms. The molecule has 0 aromatic carbocycles. The zero-order chi connectivity index (χ0) is 15.5. The fourth-order valence-electron chi connectivity index (χ4n) is 3.38. The largest absolute Gasteiger partial charge is 0.339 e. The van der Waals surface area contributed by atoms with E-state index in [2.05, 4.69) is 37.8 Å². The lowest BCUT2D eigenvalue weighted by Crippen LogP contribution is -2.25. The van der Waals surface area contributed by atoms with Crippen molar-refractivity contribution in [1.29, 1.82) is 0 Å². The fourth-order valence-corrected chi connectivity index (χ4v) is 3.38. The molecule has 1 atom stereocenters. The molecule has 0 radical (unpaired) electrons. The van der Waals surface area contributed by atoms with E-state index in [-0.39, 0.29) is 0 Å². The summed E-state index contributed by atoms with van der Waals surface area (Å²) in [6, 6.07) is 0. The molecule has 0 aliphatic heterocycles. The predicted octanol–water partition coefficient (Wildman–Crippen LogP) is 4.23. The molecule has 1 unspecified atom stereocenters. The third kappa shape index (κ3) is 4.29. The molecule has 2 N–H and O–H groups in total. The molecule has 1 saturated carbocycles. The van der Waals surface area contributed by atoms with Crippen molar-refractivity contribution in [2.24, 2.45) is 17.1 Å². The first-order chi connectivity index (χ1) is 9.91. The van der Waals surface area contributed by atoms with E-state index in [0.29, 0.717) is 17.3 Å². The molecule has 4 nitrogen and oxygen atoms in total. The predicted molar refractivity (Wildman–Crippen MR) is 85.2 cm³/mol. The van der Waals surface area contributed by atoms with Gasteiger partial charge < -0.3 is 10.3 Å². The SMILES string of the molecule is CC(CCCN)c1nc(C2CCC(C(C)(C)C)CC2)no1. The smallest absolute Gasteiger partial charge is 0.229 e. The highest BCUT2D eigenvalue weighted by Crippen LogP contribution is 2.42. The van der Waals surface area contributed by atoms with Crippen LogP contribution in [-0.2, 0) is 0 Å². The molecule has 1 aliphatic rings. The Kier molecular flexibility index (Phi) is 5.42. The number of aromatic nitrogens is 2. The van der Waals surface area contributed by atoms with Gasteiger partial charge in [-0.05, 0) is 56.4 Å². The minimum absolute atomic E-state index is 0.320. The normalized spacial score (nSPS) is 25.0. The number of hydrogen-bond acceptors (Lipinski definition) is 4. The molecule has 2 rings (SSSR count). The van der Waals surface area contributed by atoms with E-state index in [0.717, 1.165) is 37.0 Å². The fraction of sp³-hybridized carbons (Fsp3) is 0.882. The third-order valence-electron chi connectivity index (χ3n) is 5.04.